The zero-order valence-electron chi connectivity index (χ0n) is 4.14. The van der Waals surface area contributed by atoms with Gasteiger partial charge < -0.3 is 0 Å². The summed E-state index contributed by atoms with van der Waals surface area (Å²) < 4.78 is 1.29. The van der Waals surface area contributed by atoms with Crippen molar-refractivity contribution in [2.45, 2.75) is 0 Å². The van der Waals surface area contributed by atoms with Crippen molar-refractivity contribution in [1.29, 1.82) is 0 Å². The molecular weight excluding hydrogens is 234 g/mol. The average molecular weight is 239 g/mol. The summed E-state index contributed by atoms with van der Waals surface area (Å²) in [5.74, 6) is 0. The predicted molar refractivity (Wildman–Crippen MR) is 31.0 cm³/mol. The van der Waals surface area contributed by atoms with E-state index in [1.165, 1.54) is 3.57 Å². The van der Waals surface area contributed by atoms with Gasteiger partial charge in [-0.1, -0.05) is 18.2 Å². The molecule has 0 unspecified atom stereocenters. The quantitative estimate of drug-likeness (QED) is 0.557. The molecule has 0 amide bonds. The summed E-state index contributed by atoms with van der Waals surface area (Å²) in [4.78, 5) is 0. The molecule has 0 saturated heterocycles. The Balaban J connectivity index is 2.83. The zero-order valence-corrected chi connectivity index (χ0v) is 7.06. The van der Waals surface area contributed by atoms with E-state index in [-0.39, 0.29) is 20.1 Å². The SMILES string of the molecule is Cl[I+]c1ccccc1. The fourth-order valence-electron chi connectivity index (χ4n) is 0.462. The van der Waals surface area contributed by atoms with Crippen molar-refractivity contribution in [3.8, 4) is 0 Å². The molecule has 0 N–H and O–H groups in total. The van der Waals surface area contributed by atoms with Crippen LogP contribution in [0.1, 0.15) is 0 Å². The summed E-state index contributed by atoms with van der Waals surface area (Å²) in [6, 6.07) is 10.1. The van der Waals surface area contributed by atoms with Gasteiger partial charge in [-0.25, -0.2) is 0 Å². The average Bonchev–Trinajstić information content (AvgIpc) is 1.90. The van der Waals surface area contributed by atoms with E-state index < -0.39 is 0 Å². The maximum Gasteiger partial charge on any atom is 0.451 e. The van der Waals surface area contributed by atoms with Crippen LogP contribution in [0.15, 0.2) is 30.3 Å². The molecule has 1 aromatic rings. The Morgan fingerprint density at radius 2 is 1.75 bits per heavy atom. The van der Waals surface area contributed by atoms with E-state index in [2.05, 4.69) is 12.1 Å². The summed E-state index contributed by atoms with van der Waals surface area (Å²) in [7, 11) is 5.64. The van der Waals surface area contributed by atoms with Gasteiger partial charge in [0.05, 0.1) is 0 Å². The van der Waals surface area contributed by atoms with E-state index in [4.69, 9.17) is 8.91 Å². The van der Waals surface area contributed by atoms with Gasteiger partial charge in [-0.2, -0.15) is 0 Å². The Morgan fingerprint density at radius 1 is 1.12 bits per heavy atom. The molecule has 0 bridgehead atoms. The van der Waals surface area contributed by atoms with Crippen LogP contribution in [-0.2, 0) is 0 Å². The van der Waals surface area contributed by atoms with Crippen molar-refractivity contribution in [3.05, 3.63) is 33.9 Å². The molecule has 2 heteroatoms. The van der Waals surface area contributed by atoms with Crippen molar-refractivity contribution < 1.29 is 20.1 Å². The molecule has 0 radical (unpaired) electrons. The molecule has 0 saturated carbocycles. The van der Waals surface area contributed by atoms with Crippen molar-refractivity contribution in [2.75, 3.05) is 0 Å². The van der Waals surface area contributed by atoms with Gasteiger partial charge in [-0.15, -0.1) is 0 Å². The molecule has 0 heterocycles. The molecule has 0 aliphatic rings. The van der Waals surface area contributed by atoms with E-state index in [0.29, 0.717) is 0 Å². The Kier molecular flexibility index (Phi) is 2.63. The normalized spacial score (nSPS) is 9.12. The van der Waals surface area contributed by atoms with Crippen LogP contribution in [0, 0.1) is 3.57 Å². The third kappa shape index (κ3) is 1.63. The van der Waals surface area contributed by atoms with Gasteiger partial charge in [0.1, 0.15) is 0 Å². The first kappa shape index (κ1) is 6.36. The second-order valence-corrected chi connectivity index (χ2v) is 3.98. The molecule has 0 aliphatic heterocycles. The fraction of sp³-hybridized carbons (Fsp3) is 0. The third-order valence-electron chi connectivity index (χ3n) is 0.816. The minimum absolute atomic E-state index is 0.218. The summed E-state index contributed by atoms with van der Waals surface area (Å²) in [6.45, 7) is 0. The smallest absolute Gasteiger partial charge is 0.0619 e. The van der Waals surface area contributed by atoms with Crippen LogP contribution < -0.4 is 20.1 Å². The molecule has 1 aromatic carbocycles. The van der Waals surface area contributed by atoms with E-state index in [0.717, 1.165) is 0 Å². The Bertz CT molecular complexity index is 150. The van der Waals surface area contributed by atoms with Crippen LogP contribution in [0.4, 0.5) is 0 Å². The number of rotatable bonds is 1. The summed E-state index contributed by atoms with van der Waals surface area (Å²) in [6.07, 6.45) is 0. The van der Waals surface area contributed by atoms with Crippen molar-refractivity contribution in [3.63, 3.8) is 0 Å². The lowest BCUT2D eigenvalue weighted by atomic mass is 10.4. The van der Waals surface area contributed by atoms with Crippen LogP contribution in [0.2, 0.25) is 0 Å². The summed E-state index contributed by atoms with van der Waals surface area (Å²) in [5, 5.41) is 0. The van der Waals surface area contributed by atoms with Crippen LogP contribution >= 0.6 is 8.91 Å². The lowest BCUT2D eigenvalue weighted by Gasteiger charge is -1.74. The fourth-order valence-corrected chi connectivity index (χ4v) is 1.79. The van der Waals surface area contributed by atoms with Gasteiger partial charge in [0.2, 0.25) is 12.5 Å². The first-order valence-corrected chi connectivity index (χ1v) is 6.05. The largest absolute Gasteiger partial charge is 0.451 e. The predicted octanol–water partition coefficient (Wildman–Crippen LogP) is -0.901. The van der Waals surface area contributed by atoms with E-state index in [9.17, 15) is 0 Å². The second-order valence-electron chi connectivity index (χ2n) is 1.37. The summed E-state index contributed by atoms with van der Waals surface area (Å²) >= 11 is -0.218. The highest BCUT2D eigenvalue weighted by Crippen LogP contribution is 1.81. The highest BCUT2D eigenvalue weighted by atomic mass is 127. The summed E-state index contributed by atoms with van der Waals surface area (Å²) in [5.41, 5.74) is 0. The Hall–Kier alpha value is 0.240. The first-order chi connectivity index (χ1) is 3.93. The maximum absolute atomic E-state index is 5.64. The number of benzene rings is 1. The molecule has 8 heavy (non-hydrogen) atoms. The van der Waals surface area contributed by atoms with Gasteiger partial charge in [-0.05, 0) is 12.1 Å². The topological polar surface area (TPSA) is 0 Å². The molecule has 0 atom stereocenters. The number of hydrogen-bond donors (Lipinski definition) is 0. The zero-order chi connectivity index (χ0) is 5.82. The lowest BCUT2D eigenvalue weighted by Crippen LogP contribution is -3.55. The van der Waals surface area contributed by atoms with Crippen LogP contribution in [0.5, 0.6) is 0 Å². The highest BCUT2D eigenvalue weighted by molar-refractivity contribution is 6.03. The lowest BCUT2D eigenvalue weighted by molar-refractivity contribution is -0.470. The van der Waals surface area contributed by atoms with E-state index >= 15 is 0 Å². The molecular formula is C6H5ClI+. The first-order valence-electron chi connectivity index (χ1n) is 2.24. The van der Waals surface area contributed by atoms with Gasteiger partial charge in [0, 0.05) is 0 Å². The monoisotopic (exact) mass is 239 g/mol. The second kappa shape index (κ2) is 3.30. The molecule has 0 aliphatic carbocycles. The van der Waals surface area contributed by atoms with Crippen molar-refractivity contribution >= 4 is 8.91 Å². The molecule has 0 nitrogen and oxygen atoms in total. The van der Waals surface area contributed by atoms with Crippen molar-refractivity contribution in [2.24, 2.45) is 0 Å². The minimum atomic E-state index is -0.218. The Labute approximate surface area is 62.8 Å². The van der Waals surface area contributed by atoms with Crippen LogP contribution in [0.25, 0.3) is 0 Å². The molecule has 0 fully saturated rings. The Morgan fingerprint density at radius 3 is 2.12 bits per heavy atom. The van der Waals surface area contributed by atoms with Gasteiger partial charge in [0.25, 0.3) is 0 Å². The van der Waals surface area contributed by atoms with Crippen LogP contribution in [0.3, 0.4) is 0 Å². The molecule has 42 valence electrons. The van der Waals surface area contributed by atoms with Crippen molar-refractivity contribution in [1.82, 2.24) is 0 Å². The van der Waals surface area contributed by atoms with Gasteiger partial charge >= 0.3 is 20.1 Å². The number of hydrogen-bond acceptors (Lipinski definition) is 0. The van der Waals surface area contributed by atoms with E-state index in [1.54, 1.807) is 0 Å². The minimum Gasteiger partial charge on any atom is -0.0619 e. The van der Waals surface area contributed by atoms with Gasteiger partial charge in [0.15, 0.2) is 0 Å². The molecule has 1 rings (SSSR count). The van der Waals surface area contributed by atoms with Gasteiger partial charge in [-0.3, -0.25) is 0 Å². The highest BCUT2D eigenvalue weighted by Gasteiger charge is 2.03. The number of halogens is 2. The van der Waals surface area contributed by atoms with Crippen LogP contribution in [-0.4, -0.2) is 0 Å². The third-order valence-corrected chi connectivity index (χ3v) is 3.11. The maximum atomic E-state index is 5.64. The molecule has 0 spiro atoms. The van der Waals surface area contributed by atoms with E-state index in [1.807, 2.05) is 18.2 Å². The molecule has 0 aromatic heterocycles. The standard InChI is InChI=1S/C6H5ClI/c7-8-6-4-2-1-3-5-6/h1-5H/q+1.